The molecule has 2 fully saturated rings. The van der Waals surface area contributed by atoms with Crippen molar-refractivity contribution in [2.45, 2.75) is 32.6 Å². The third-order valence-electron chi connectivity index (χ3n) is 5.40. The van der Waals surface area contributed by atoms with Crippen molar-refractivity contribution in [3.05, 3.63) is 29.6 Å². The number of carbonyl (C=O) groups excluding carboxylic acids is 1. The van der Waals surface area contributed by atoms with Gasteiger partial charge in [-0.1, -0.05) is 18.9 Å². The highest BCUT2D eigenvalue weighted by molar-refractivity contribution is 7.80. The second-order valence-electron chi connectivity index (χ2n) is 7.45. The molecule has 1 N–H and O–H groups in total. The van der Waals surface area contributed by atoms with Gasteiger partial charge >= 0.3 is 0 Å². The lowest BCUT2D eigenvalue weighted by Crippen LogP contribution is -2.52. The lowest BCUT2D eigenvalue weighted by molar-refractivity contribution is -0.132. The number of nitrogens with one attached hydrogen (secondary N) is 1. The van der Waals surface area contributed by atoms with Crippen LogP contribution in [0.5, 0.6) is 0 Å². The fourth-order valence-electron chi connectivity index (χ4n) is 3.59. The monoisotopic (exact) mass is 392 g/mol. The van der Waals surface area contributed by atoms with Gasteiger partial charge in [-0.2, -0.15) is 0 Å². The van der Waals surface area contributed by atoms with Gasteiger partial charge in [-0.3, -0.25) is 9.69 Å². The summed E-state index contributed by atoms with van der Waals surface area (Å²) < 4.78 is 13.7. The molecule has 1 amide bonds. The zero-order chi connectivity index (χ0) is 19.2. The van der Waals surface area contributed by atoms with E-state index in [1.165, 1.54) is 18.9 Å². The number of benzene rings is 1. The van der Waals surface area contributed by atoms with Crippen LogP contribution in [0.25, 0.3) is 0 Å². The molecule has 0 atom stereocenters. The molecule has 2 aliphatic heterocycles. The predicted molar refractivity (Wildman–Crippen MR) is 110 cm³/mol. The number of hydrogen-bond acceptors (Lipinski definition) is 3. The number of carbonyl (C=O) groups is 1. The van der Waals surface area contributed by atoms with E-state index in [-0.39, 0.29) is 11.7 Å². The highest BCUT2D eigenvalue weighted by Crippen LogP contribution is 2.15. The Labute approximate surface area is 166 Å². The summed E-state index contributed by atoms with van der Waals surface area (Å²) in [5.74, 6) is 0.0147. The maximum absolute atomic E-state index is 13.7. The normalized spacial score (nSPS) is 18.9. The molecule has 0 aromatic heterocycles. The summed E-state index contributed by atoms with van der Waals surface area (Å²) >= 11 is 5.47. The molecule has 2 heterocycles. The highest BCUT2D eigenvalue weighted by Gasteiger charge is 2.23. The van der Waals surface area contributed by atoms with E-state index in [0.717, 1.165) is 52.1 Å². The topological polar surface area (TPSA) is 38.8 Å². The van der Waals surface area contributed by atoms with Crippen molar-refractivity contribution in [3.8, 4) is 0 Å². The molecule has 7 heteroatoms. The fourth-order valence-corrected chi connectivity index (χ4v) is 3.89. The van der Waals surface area contributed by atoms with Gasteiger partial charge in [0.2, 0.25) is 5.91 Å². The smallest absolute Gasteiger partial charge is 0.236 e. The third kappa shape index (κ3) is 5.62. The van der Waals surface area contributed by atoms with Crippen molar-refractivity contribution < 1.29 is 9.18 Å². The first kappa shape index (κ1) is 20.0. The number of hydrogen-bond donors (Lipinski definition) is 1. The zero-order valence-corrected chi connectivity index (χ0v) is 16.9. The van der Waals surface area contributed by atoms with Crippen LogP contribution < -0.4 is 5.32 Å². The van der Waals surface area contributed by atoms with Crippen LogP contribution in [0.15, 0.2) is 18.2 Å². The van der Waals surface area contributed by atoms with Crippen LogP contribution in [0.2, 0.25) is 0 Å². The quantitative estimate of drug-likeness (QED) is 0.801. The highest BCUT2D eigenvalue weighted by atomic mass is 32.1. The first-order chi connectivity index (χ1) is 13.0. The maximum Gasteiger partial charge on any atom is 0.236 e. The summed E-state index contributed by atoms with van der Waals surface area (Å²) in [5, 5.41) is 3.73. The number of likely N-dealkylation sites (tertiary alicyclic amines) is 1. The summed E-state index contributed by atoms with van der Waals surface area (Å²) in [5.41, 5.74) is 1.29. The standard InChI is InChI=1S/C20H29FN4OS/c1-16-6-7-17(14-18(16)21)22-20(27)25-12-10-23(11-13-25)15-19(26)24-8-4-2-3-5-9-24/h6-7,14H,2-5,8-13,15H2,1H3,(H,22,27). The number of rotatable bonds is 3. The van der Waals surface area contributed by atoms with Crippen molar-refractivity contribution in [3.63, 3.8) is 0 Å². The van der Waals surface area contributed by atoms with E-state index in [1.807, 2.05) is 11.0 Å². The summed E-state index contributed by atoms with van der Waals surface area (Å²) in [4.78, 5) is 18.8. The van der Waals surface area contributed by atoms with E-state index in [0.29, 0.717) is 22.9 Å². The Morgan fingerprint density at radius 3 is 2.33 bits per heavy atom. The number of amides is 1. The van der Waals surface area contributed by atoms with Crippen molar-refractivity contribution in [2.75, 3.05) is 51.1 Å². The Morgan fingerprint density at radius 1 is 1.04 bits per heavy atom. The average molecular weight is 393 g/mol. The first-order valence-electron chi connectivity index (χ1n) is 9.85. The molecule has 1 aromatic rings. The van der Waals surface area contributed by atoms with Crippen LogP contribution in [0.4, 0.5) is 10.1 Å². The third-order valence-corrected chi connectivity index (χ3v) is 5.76. The minimum Gasteiger partial charge on any atom is -0.346 e. The van der Waals surface area contributed by atoms with Crippen LogP contribution in [-0.2, 0) is 4.79 Å². The summed E-state index contributed by atoms with van der Waals surface area (Å²) in [7, 11) is 0. The van der Waals surface area contributed by atoms with E-state index in [4.69, 9.17) is 12.2 Å². The summed E-state index contributed by atoms with van der Waals surface area (Å²) in [6.45, 7) is 7.20. The van der Waals surface area contributed by atoms with E-state index in [1.54, 1.807) is 13.0 Å². The molecule has 0 radical (unpaired) electrons. The molecule has 3 rings (SSSR count). The number of nitrogens with zero attached hydrogens (tertiary/aromatic N) is 3. The van der Waals surface area contributed by atoms with Crippen LogP contribution in [0.1, 0.15) is 31.2 Å². The van der Waals surface area contributed by atoms with Crippen LogP contribution in [-0.4, -0.2) is 71.5 Å². The van der Waals surface area contributed by atoms with Gasteiger partial charge in [0.15, 0.2) is 5.11 Å². The minimum absolute atomic E-state index is 0.236. The largest absolute Gasteiger partial charge is 0.346 e. The number of piperazine rings is 1. The number of anilines is 1. The molecule has 0 unspecified atom stereocenters. The van der Waals surface area contributed by atoms with E-state index in [9.17, 15) is 9.18 Å². The molecule has 2 saturated heterocycles. The molecule has 2 aliphatic rings. The summed E-state index contributed by atoms with van der Waals surface area (Å²) in [6, 6.07) is 5.05. The Hall–Kier alpha value is -1.73. The van der Waals surface area contributed by atoms with Crippen LogP contribution >= 0.6 is 12.2 Å². The molecule has 27 heavy (non-hydrogen) atoms. The van der Waals surface area contributed by atoms with Crippen LogP contribution in [0, 0.1) is 12.7 Å². The molecule has 5 nitrogen and oxygen atoms in total. The van der Waals surface area contributed by atoms with Gasteiger partial charge in [0.05, 0.1) is 6.54 Å². The van der Waals surface area contributed by atoms with Crippen molar-refractivity contribution in [1.82, 2.24) is 14.7 Å². The second kappa shape index (κ2) is 9.46. The Balaban J connectivity index is 1.44. The van der Waals surface area contributed by atoms with E-state index < -0.39 is 0 Å². The number of thiocarbonyl (C=S) groups is 1. The lowest BCUT2D eigenvalue weighted by Gasteiger charge is -2.36. The number of halogens is 1. The van der Waals surface area contributed by atoms with Gasteiger partial charge in [-0.05, 0) is 49.7 Å². The minimum atomic E-state index is -0.236. The average Bonchev–Trinajstić information content (AvgIpc) is 2.95. The second-order valence-corrected chi connectivity index (χ2v) is 7.84. The number of aryl methyl sites for hydroxylation is 1. The molecular weight excluding hydrogens is 363 g/mol. The zero-order valence-electron chi connectivity index (χ0n) is 16.0. The van der Waals surface area contributed by atoms with Gasteiger partial charge in [0.25, 0.3) is 0 Å². The van der Waals surface area contributed by atoms with Gasteiger partial charge in [0, 0.05) is 45.0 Å². The summed E-state index contributed by atoms with van der Waals surface area (Å²) in [6.07, 6.45) is 4.72. The van der Waals surface area contributed by atoms with Crippen molar-refractivity contribution in [1.29, 1.82) is 0 Å². The lowest BCUT2D eigenvalue weighted by atomic mass is 10.2. The van der Waals surface area contributed by atoms with Crippen molar-refractivity contribution in [2.24, 2.45) is 0 Å². The van der Waals surface area contributed by atoms with Gasteiger partial charge in [-0.15, -0.1) is 0 Å². The molecule has 0 bridgehead atoms. The Bertz CT molecular complexity index is 668. The molecule has 0 spiro atoms. The molecule has 1 aromatic carbocycles. The van der Waals surface area contributed by atoms with Crippen molar-refractivity contribution >= 4 is 28.9 Å². The molecule has 0 aliphatic carbocycles. The fraction of sp³-hybridized carbons (Fsp3) is 0.600. The maximum atomic E-state index is 13.7. The molecular formula is C20H29FN4OS. The van der Waals surface area contributed by atoms with E-state index >= 15 is 0 Å². The predicted octanol–water partition coefficient (Wildman–Crippen LogP) is 2.85. The molecule has 148 valence electrons. The van der Waals surface area contributed by atoms with Gasteiger partial charge in [0.1, 0.15) is 5.82 Å². The van der Waals surface area contributed by atoms with Gasteiger partial charge in [-0.25, -0.2) is 4.39 Å². The first-order valence-corrected chi connectivity index (χ1v) is 10.3. The SMILES string of the molecule is Cc1ccc(NC(=S)N2CCN(CC(=O)N3CCCCCC3)CC2)cc1F. The van der Waals surface area contributed by atoms with Crippen LogP contribution in [0.3, 0.4) is 0 Å². The Kier molecular flexibility index (Phi) is 7.01. The van der Waals surface area contributed by atoms with E-state index in [2.05, 4.69) is 15.1 Å². The van der Waals surface area contributed by atoms with Gasteiger partial charge < -0.3 is 15.1 Å². The Morgan fingerprint density at radius 2 is 1.70 bits per heavy atom. The molecule has 0 saturated carbocycles.